The van der Waals surface area contributed by atoms with Crippen LogP contribution in [0.3, 0.4) is 0 Å². The van der Waals surface area contributed by atoms with E-state index in [1.165, 1.54) is 0 Å². The highest BCUT2D eigenvalue weighted by Crippen LogP contribution is 2.67. The van der Waals surface area contributed by atoms with E-state index in [0.29, 0.717) is 12.1 Å². The van der Waals surface area contributed by atoms with Crippen LogP contribution in [-0.2, 0) is 10.2 Å². The van der Waals surface area contributed by atoms with E-state index in [9.17, 15) is 9.90 Å². The number of carbonyl (C=O) groups is 1. The van der Waals surface area contributed by atoms with Crippen LogP contribution in [0.25, 0.3) is 0 Å². The average molecular weight is 218 g/mol. The lowest BCUT2D eigenvalue weighted by Crippen LogP contribution is -2.30. The summed E-state index contributed by atoms with van der Waals surface area (Å²) in [7, 11) is 0. The lowest BCUT2D eigenvalue weighted by molar-refractivity contribution is -0.141. The quantitative estimate of drug-likeness (QED) is 0.729. The summed E-state index contributed by atoms with van der Waals surface area (Å²) >= 11 is 0. The van der Waals surface area contributed by atoms with Gasteiger partial charge >= 0.3 is 5.97 Å². The maximum absolute atomic E-state index is 11.5. The molecule has 2 fully saturated rings. The fraction of sp³-hybridized carbons (Fsp3) is 0.545. The van der Waals surface area contributed by atoms with Gasteiger partial charge in [0.1, 0.15) is 5.41 Å². The van der Waals surface area contributed by atoms with Crippen molar-refractivity contribution in [3.05, 3.63) is 24.3 Å². The van der Waals surface area contributed by atoms with Crippen molar-refractivity contribution in [3.63, 3.8) is 0 Å². The Labute approximate surface area is 92.9 Å². The maximum atomic E-state index is 11.5. The first kappa shape index (κ1) is 9.72. The highest BCUT2D eigenvalue weighted by Gasteiger charge is 2.74. The summed E-state index contributed by atoms with van der Waals surface area (Å²) in [4.78, 5) is 19.3. The van der Waals surface area contributed by atoms with Crippen molar-refractivity contribution in [3.8, 4) is 0 Å². The fourth-order valence-electron chi connectivity index (χ4n) is 3.00. The molecule has 1 aromatic rings. The van der Waals surface area contributed by atoms with Gasteiger partial charge in [-0.15, -0.1) is 0 Å². The summed E-state index contributed by atoms with van der Waals surface area (Å²) in [6.45, 7) is 1.66. The Morgan fingerprint density at radius 2 is 2.50 bits per heavy atom. The Bertz CT molecular complexity index is 428. The van der Waals surface area contributed by atoms with E-state index in [1.807, 2.05) is 0 Å². The third kappa shape index (κ3) is 1.01. The number of aliphatic carboxylic acids is 1. The molecule has 2 unspecified atom stereocenters. The van der Waals surface area contributed by atoms with Gasteiger partial charge in [0.05, 0.1) is 5.69 Å². The molecular formula is C11H12N3O2. The van der Waals surface area contributed by atoms with Crippen LogP contribution in [0.5, 0.6) is 0 Å². The van der Waals surface area contributed by atoms with E-state index in [0.717, 1.165) is 19.5 Å². The van der Waals surface area contributed by atoms with Crippen molar-refractivity contribution in [1.82, 2.24) is 15.3 Å². The predicted molar refractivity (Wildman–Crippen MR) is 54.7 cm³/mol. The zero-order valence-electron chi connectivity index (χ0n) is 8.73. The molecule has 16 heavy (non-hydrogen) atoms. The van der Waals surface area contributed by atoms with E-state index in [2.05, 4.69) is 21.6 Å². The normalized spacial score (nSPS) is 36.5. The van der Waals surface area contributed by atoms with Crippen LogP contribution in [0.15, 0.2) is 12.3 Å². The van der Waals surface area contributed by atoms with Gasteiger partial charge in [0, 0.05) is 18.2 Å². The van der Waals surface area contributed by atoms with Gasteiger partial charge in [0.25, 0.3) is 0 Å². The van der Waals surface area contributed by atoms with E-state index in [4.69, 9.17) is 0 Å². The molecule has 1 aromatic heterocycles. The third-order valence-electron chi connectivity index (χ3n) is 3.97. The minimum Gasteiger partial charge on any atom is -0.481 e. The van der Waals surface area contributed by atoms with Crippen molar-refractivity contribution in [2.24, 2.45) is 5.41 Å². The molecule has 2 aliphatic rings. The smallest absolute Gasteiger partial charge is 0.316 e. The molecule has 2 N–H and O–H groups in total. The number of hydrogen-bond donors (Lipinski definition) is 2. The Kier molecular flexibility index (Phi) is 1.83. The van der Waals surface area contributed by atoms with Gasteiger partial charge in [-0.2, -0.15) is 0 Å². The minimum atomic E-state index is -0.810. The highest BCUT2D eigenvalue weighted by molar-refractivity contribution is 5.87. The van der Waals surface area contributed by atoms with Crippen LogP contribution >= 0.6 is 0 Å². The first-order chi connectivity index (χ1) is 7.71. The van der Waals surface area contributed by atoms with Gasteiger partial charge in [-0.25, -0.2) is 9.97 Å². The van der Waals surface area contributed by atoms with Crippen molar-refractivity contribution < 1.29 is 9.90 Å². The molecule has 2 atom stereocenters. The number of aromatic nitrogens is 2. The number of carboxylic acids is 1. The second-order valence-corrected chi connectivity index (χ2v) is 4.64. The molecule has 0 amide bonds. The van der Waals surface area contributed by atoms with Crippen LogP contribution in [0.1, 0.15) is 18.5 Å². The van der Waals surface area contributed by atoms with Gasteiger partial charge in [0.15, 0.2) is 6.33 Å². The van der Waals surface area contributed by atoms with Gasteiger partial charge in [-0.3, -0.25) is 4.79 Å². The largest absolute Gasteiger partial charge is 0.481 e. The Morgan fingerprint density at radius 3 is 3.06 bits per heavy atom. The average Bonchev–Trinajstić information content (AvgIpc) is 2.70. The number of carboxylic acid groups (broad SMARTS) is 1. The molecule has 5 nitrogen and oxygen atoms in total. The van der Waals surface area contributed by atoms with Crippen molar-refractivity contribution in [2.45, 2.75) is 18.3 Å². The summed E-state index contributed by atoms with van der Waals surface area (Å²) in [5.41, 5.74) is -0.351. The summed E-state index contributed by atoms with van der Waals surface area (Å²) in [6, 6.07) is 1.69. The minimum absolute atomic E-state index is 0.138. The molecule has 83 valence electrons. The summed E-state index contributed by atoms with van der Waals surface area (Å²) < 4.78 is 0. The second kappa shape index (κ2) is 3.01. The Morgan fingerprint density at radius 1 is 1.62 bits per heavy atom. The molecular weight excluding hydrogens is 206 g/mol. The van der Waals surface area contributed by atoms with Crippen LogP contribution in [0.2, 0.25) is 0 Å². The topological polar surface area (TPSA) is 75.1 Å². The summed E-state index contributed by atoms with van der Waals surface area (Å²) in [5, 5.41) is 12.7. The molecule has 1 spiro atoms. The number of hydrogen-bond acceptors (Lipinski definition) is 4. The molecule has 0 bridgehead atoms. The van der Waals surface area contributed by atoms with Gasteiger partial charge in [0.2, 0.25) is 0 Å². The SMILES string of the molecule is O=C(O)C1(c2ccn[c]n2)CC12CCNC2. The van der Waals surface area contributed by atoms with E-state index >= 15 is 0 Å². The van der Waals surface area contributed by atoms with Gasteiger partial charge in [-0.1, -0.05) is 0 Å². The van der Waals surface area contributed by atoms with Crippen LogP contribution < -0.4 is 5.32 Å². The van der Waals surface area contributed by atoms with Crippen molar-refractivity contribution >= 4 is 5.97 Å². The molecule has 1 saturated heterocycles. The zero-order chi connectivity index (χ0) is 11.2. The molecule has 5 heteroatoms. The monoisotopic (exact) mass is 218 g/mol. The first-order valence-corrected chi connectivity index (χ1v) is 5.35. The summed E-state index contributed by atoms with van der Waals surface area (Å²) in [6.07, 6.45) is 5.62. The molecule has 3 rings (SSSR count). The second-order valence-electron chi connectivity index (χ2n) is 4.64. The maximum Gasteiger partial charge on any atom is 0.316 e. The molecule has 1 saturated carbocycles. The van der Waals surface area contributed by atoms with Gasteiger partial charge < -0.3 is 10.4 Å². The predicted octanol–water partition coefficient (Wildman–Crippen LogP) is -0.0174. The van der Waals surface area contributed by atoms with Crippen LogP contribution in [0, 0.1) is 11.7 Å². The molecule has 1 aliphatic carbocycles. The molecule has 1 radical (unpaired) electrons. The Balaban J connectivity index is 2.04. The van der Waals surface area contributed by atoms with Crippen LogP contribution in [0.4, 0.5) is 0 Å². The fourth-order valence-corrected chi connectivity index (χ4v) is 3.00. The van der Waals surface area contributed by atoms with Crippen molar-refractivity contribution in [1.29, 1.82) is 0 Å². The van der Waals surface area contributed by atoms with Gasteiger partial charge in [-0.05, 0) is 25.5 Å². The van der Waals surface area contributed by atoms with Crippen molar-refractivity contribution in [2.75, 3.05) is 13.1 Å². The van der Waals surface area contributed by atoms with Crippen LogP contribution in [-0.4, -0.2) is 34.1 Å². The molecule has 1 aliphatic heterocycles. The lowest BCUT2D eigenvalue weighted by Gasteiger charge is -2.16. The summed E-state index contributed by atoms with van der Waals surface area (Å²) in [5.74, 6) is -0.775. The standard InChI is InChI=1S/C11H12N3O2/c15-9(16)11(8-1-3-13-7-14-8)5-10(11)2-4-12-6-10/h1,3,12H,2,4-6H2,(H,15,16). The lowest BCUT2D eigenvalue weighted by atomic mass is 9.88. The van der Waals surface area contributed by atoms with E-state index in [-0.39, 0.29) is 5.41 Å². The third-order valence-corrected chi connectivity index (χ3v) is 3.97. The highest BCUT2D eigenvalue weighted by atomic mass is 16.4. The number of rotatable bonds is 2. The number of nitrogens with zero attached hydrogens (tertiary/aromatic N) is 2. The molecule has 2 heterocycles. The number of nitrogens with one attached hydrogen (secondary N) is 1. The first-order valence-electron chi connectivity index (χ1n) is 5.35. The zero-order valence-corrected chi connectivity index (χ0v) is 8.73. The molecule has 0 aromatic carbocycles. The van der Waals surface area contributed by atoms with E-state index in [1.54, 1.807) is 12.3 Å². The van der Waals surface area contributed by atoms with E-state index < -0.39 is 11.4 Å². The Hall–Kier alpha value is -1.49.